The van der Waals surface area contributed by atoms with Crippen LogP contribution in [0.4, 0.5) is 13.6 Å². The van der Waals surface area contributed by atoms with Crippen molar-refractivity contribution >= 4 is 34.5 Å². The number of alkyl halides is 2. The van der Waals surface area contributed by atoms with Gasteiger partial charge in [-0.05, 0) is 51.5 Å². The van der Waals surface area contributed by atoms with Crippen LogP contribution >= 0.6 is 11.6 Å². The molecule has 0 radical (unpaired) electrons. The number of halogens is 3. The Balaban J connectivity index is 1.92. The van der Waals surface area contributed by atoms with Gasteiger partial charge < -0.3 is 9.64 Å². The van der Waals surface area contributed by atoms with Gasteiger partial charge in [-0.1, -0.05) is 35.9 Å². The molecular formula is C26H27ClF2N4O4. The summed E-state index contributed by atoms with van der Waals surface area (Å²) in [6.45, 7) is 5.04. The number of carbonyl (C=O) groups is 2. The molecule has 2 heterocycles. The van der Waals surface area contributed by atoms with Gasteiger partial charge in [0.15, 0.2) is 0 Å². The molecule has 0 aliphatic carbocycles. The van der Waals surface area contributed by atoms with E-state index in [4.69, 9.17) is 21.3 Å². The molecule has 11 heteroatoms. The van der Waals surface area contributed by atoms with Crippen molar-refractivity contribution in [2.75, 3.05) is 13.6 Å². The predicted molar refractivity (Wildman–Crippen MR) is 135 cm³/mol. The zero-order chi connectivity index (χ0) is 27.1. The number of rotatable bonds is 4. The fourth-order valence-corrected chi connectivity index (χ4v) is 4.70. The van der Waals surface area contributed by atoms with E-state index < -0.39 is 41.7 Å². The summed E-state index contributed by atoms with van der Waals surface area (Å²) in [6.07, 6.45) is -3.83. The van der Waals surface area contributed by atoms with Crippen LogP contribution in [0.25, 0.3) is 16.6 Å². The molecule has 1 aliphatic heterocycles. The molecule has 1 saturated heterocycles. The predicted octanol–water partition coefficient (Wildman–Crippen LogP) is 4.81. The lowest BCUT2D eigenvalue weighted by atomic mass is 10.1. The third-order valence-corrected chi connectivity index (χ3v) is 6.49. The molecule has 2 unspecified atom stereocenters. The molecule has 8 nitrogen and oxygen atoms in total. The first-order valence-electron chi connectivity index (χ1n) is 11.7. The molecule has 2 aromatic carbocycles. The minimum Gasteiger partial charge on any atom is -0.444 e. The fourth-order valence-electron chi connectivity index (χ4n) is 4.45. The average molecular weight is 533 g/mol. The second-order valence-corrected chi connectivity index (χ2v) is 10.3. The van der Waals surface area contributed by atoms with Gasteiger partial charge in [0.1, 0.15) is 11.4 Å². The monoisotopic (exact) mass is 532 g/mol. The summed E-state index contributed by atoms with van der Waals surface area (Å²) < 4.78 is 33.4. The number of likely N-dealkylation sites (tertiary alicyclic amines) is 1. The molecule has 1 aliphatic rings. The highest BCUT2D eigenvalue weighted by molar-refractivity contribution is 6.35. The number of ether oxygens (including phenoxy) is 1. The van der Waals surface area contributed by atoms with E-state index in [0.717, 1.165) is 4.90 Å². The lowest BCUT2D eigenvalue weighted by molar-refractivity contribution is -0.143. The van der Waals surface area contributed by atoms with Gasteiger partial charge in [-0.3, -0.25) is 19.1 Å². The van der Waals surface area contributed by atoms with Gasteiger partial charge in [0.25, 0.3) is 11.5 Å². The molecule has 2 amide bonds. The Morgan fingerprint density at radius 2 is 1.81 bits per heavy atom. The van der Waals surface area contributed by atoms with E-state index in [0.29, 0.717) is 11.2 Å². The number of aromatic nitrogens is 2. The summed E-state index contributed by atoms with van der Waals surface area (Å²) in [6, 6.07) is 12.0. The van der Waals surface area contributed by atoms with Gasteiger partial charge in [-0.15, -0.1) is 0 Å². The molecule has 2 atom stereocenters. The number of amides is 2. The van der Waals surface area contributed by atoms with Crippen LogP contribution < -0.4 is 5.56 Å². The van der Waals surface area contributed by atoms with Crippen LogP contribution in [-0.4, -0.2) is 63.0 Å². The standard InChI is InChI=1S/C26H27ClF2N4O4/c1-26(2,3)37-25(36)32-14-16(31(4)24(35)21(28)29)13-19(32)22-30-18-12-8-11-17(27)20(18)23(34)33(22)15-9-6-5-7-10-15/h5-12,16,19,21H,13-14H2,1-4H3. The Bertz CT molecular complexity index is 1390. The third kappa shape index (κ3) is 5.29. The number of benzene rings is 2. The van der Waals surface area contributed by atoms with Gasteiger partial charge in [0.2, 0.25) is 0 Å². The van der Waals surface area contributed by atoms with Gasteiger partial charge >= 0.3 is 12.5 Å². The first-order valence-corrected chi connectivity index (χ1v) is 12.1. The molecule has 3 aromatic rings. The second kappa shape index (κ2) is 10.1. The van der Waals surface area contributed by atoms with Crippen molar-refractivity contribution in [1.29, 1.82) is 0 Å². The Morgan fingerprint density at radius 3 is 2.43 bits per heavy atom. The van der Waals surface area contributed by atoms with Gasteiger partial charge in [0.05, 0.1) is 33.7 Å². The summed E-state index contributed by atoms with van der Waals surface area (Å²) >= 11 is 6.36. The molecule has 196 valence electrons. The molecule has 1 aromatic heterocycles. The summed E-state index contributed by atoms with van der Waals surface area (Å²) in [4.78, 5) is 46.2. The molecule has 37 heavy (non-hydrogen) atoms. The van der Waals surface area contributed by atoms with Gasteiger partial charge in [-0.2, -0.15) is 8.78 Å². The Kier molecular flexibility index (Phi) is 7.23. The molecule has 0 bridgehead atoms. The second-order valence-electron chi connectivity index (χ2n) is 9.87. The highest BCUT2D eigenvalue weighted by atomic mass is 35.5. The minimum absolute atomic E-state index is 0.0690. The smallest absolute Gasteiger partial charge is 0.410 e. The lowest BCUT2D eigenvalue weighted by Crippen LogP contribution is -2.43. The van der Waals surface area contributed by atoms with Crippen LogP contribution in [0.3, 0.4) is 0 Å². The van der Waals surface area contributed by atoms with Crippen LogP contribution in [0.15, 0.2) is 53.3 Å². The van der Waals surface area contributed by atoms with E-state index in [2.05, 4.69) is 0 Å². The van der Waals surface area contributed by atoms with E-state index in [1.807, 2.05) is 0 Å². The van der Waals surface area contributed by atoms with Crippen molar-refractivity contribution in [3.63, 3.8) is 0 Å². The Morgan fingerprint density at radius 1 is 1.14 bits per heavy atom. The van der Waals surface area contributed by atoms with E-state index in [1.165, 1.54) is 16.5 Å². The number of para-hydroxylation sites is 1. The molecule has 4 rings (SSSR count). The zero-order valence-corrected chi connectivity index (χ0v) is 21.6. The zero-order valence-electron chi connectivity index (χ0n) is 20.8. The maximum Gasteiger partial charge on any atom is 0.410 e. The van der Waals surface area contributed by atoms with Crippen LogP contribution in [0.2, 0.25) is 5.02 Å². The summed E-state index contributed by atoms with van der Waals surface area (Å²) in [5.41, 5.74) is -0.472. The van der Waals surface area contributed by atoms with Crippen molar-refractivity contribution in [2.24, 2.45) is 0 Å². The van der Waals surface area contributed by atoms with Crippen LogP contribution in [0.5, 0.6) is 0 Å². The normalized spacial score (nSPS) is 17.9. The van der Waals surface area contributed by atoms with Crippen molar-refractivity contribution < 1.29 is 23.1 Å². The number of fused-ring (bicyclic) bond motifs is 1. The molecular weight excluding hydrogens is 506 g/mol. The highest BCUT2D eigenvalue weighted by Crippen LogP contribution is 2.36. The average Bonchev–Trinajstić information content (AvgIpc) is 3.28. The topological polar surface area (TPSA) is 84.7 Å². The lowest BCUT2D eigenvalue weighted by Gasteiger charge is -2.29. The number of likely N-dealkylation sites (N-methyl/N-ethyl adjacent to an activating group) is 1. The first kappa shape index (κ1) is 26.5. The van der Waals surface area contributed by atoms with Gasteiger partial charge in [-0.25, -0.2) is 9.78 Å². The Hall–Kier alpha value is -3.53. The quantitative estimate of drug-likeness (QED) is 0.481. The van der Waals surface area contributed by atoms with Crippen LogP contribution in [0.1, 0.15) is 39.1 Å². The minimum atomic E-state index is -3.19. The largest absolute Gasteiger partial charge is 0.444 e. The van der Waals surface area contributed by atoms with Crippen molar-refractivity contribution in [3.05, 3.63) is 69.7 Å². The molecule has 0 saturated carbocycles. The van der Waals surface area contributed by atoms with Crippen molar-refractivity contribution in [3.8, 4) is 5.69 Å². The molecule has 0 N–H and O–H groups in total. The summed E-state index contributed by atoms with van der Waals surface area (Å²) in [7, 11) is 1.27. The summed E-state index contributed by atoms with van der Waals surface area (Å²) in [5, 5.41) is 0.432. The van der Waals surface area contributed by atoms with Crippen LogP contribution in [0, 0.1) is 0 Å². The highest BCUT2D eigenvalue weighted by Gasteiger charge is 2.44. The van der Waals surface area contributed by atoms with Crippen LogP contribution in [-0.2, 0) is 9.53 Å². The fraction of sp³-hybridized carbons (Fsp3) is 0.385. The third-order valence-electron chi connectivity index (χ3n) is 6.17. The maximum absolute atomic E-state index is 13.8. The van der Waals surface area contributed by atoms with E-state index in [1.54, 1.807) is 69.3 Å². The molecule has 1 fully saturated rings. The molecule has 0 spiro atoms. The summed E-state index contributed by atoms with van der Waals surface area (Å²) in [5.74, 6) is -1.15. The maximum atomic E-state index is 13.8. The van der Waals surface area contributed by atoms with Crippen molar-refractivity contribution in [2.45, 2.75) is 51.3 Å². The van der Waals surface area contributed by atoms with E-state index >= 15 is 0 Å². The van der Waals surface area contributed by atoms with E-state index in [-0.39, 0.29) is 29.2 Å². The number of carbonyl (C=O) groups excluding carboxylic acids is 2. The number of nitrogens with zero attached hydrogens (tertiary/aromatic N) is 4. The SMILES string of the molecule is CN(C(=O)C(F)F)C1CC(c2nc3cccc(Cl)c3c(=O)n2-c2ccccc2)N(C(=O)OC(C)(C)C)C1. The van der Waals surface area contributed by atoms with Crippen molar-refractivity contribution in [1.82, 2.24) is 19.4 Å². The number of hydrogen-bond acceptors (Lipinski definition) is 5. The number of hydrogen-bond donors (Lipinski definition) is 0. The van der Waals surface area contributed by atoms with E-state index in [9.17, 15) is 23.2 Å². The Labute approximate surface area is 217 Å². The van der Waals surface area contributed by atoms with Gasteiger partial charge in [0, 0.05) is 13.6 Å². The first-order chi connectivity index (χ1) is 17.4.